The standard InChI is InChI=1S/C18H27NO/c1-17(2,3)13-7-9-14(10-8-13)18(20)11-15-5-4-6-16(12-18)19-15/h7-10,15-16,19-20H,4-6,11-12H2,1-3H3. The van der Waals surface area contributed by atoms with Gasteiger partial charge in [-0.25, -0.2) is 0 Å². The summed E-state index contributed by atoms with van der Waals surface area (Å²) < 4.78 is 0. The zero-order chi connectivity index (χ0) is 14.4. The van der Waals surface area contributed by atoms with Crippen LogP contribution in [0.25, 0.3) is 0 Å². The molecule has 0 aromatic heterocycles. The lowest BCUT2D eigenvalue weighted by atomic mass is 9.73. The average Bonchev–Trinajstić information content (AvgIpc) is 2.37. The van der Waals surface area contributed by atoms with Crippen molar-refractivity contribution < 1.29 is 5.11 Å². The van der Waals surface area contributed by atoms with Crippen molar-refractivity contribution in [3.05, 3.63) is 35.4 Å². The average molecular weight is 273 g/mol. The van der Waals surface area contributed by atoms with E-state index in [4.69, 9.17) is 0 Å². The Labute approximate surface area is 122 Å². The first-order valence-electron chi connectivity index (χ1n) is 7.96. The number of aliphatic hydroxyl groups is 1. The van der Waals surface area contributed by atoms with E-state index in [2.05, 4.69) is 50.4 Å². The second kappa shape index (κ2) is 4.85. The van der Waals surface area contributed by atoms with Crippen LogP contribution in [0.15, 0.2) is 24.3 Å². The fraction of sp³-hybridized carbons (Fsp3) is 0.667. The maximum Gasteiger partial charge on any atom is 0.0926 e. The van der Waals surface area contributed by atoms with Gasteiger partial charge in [-0.15, -0.1) is 0 Å². The molecule has 2 unspecified atom stereocenters. The molecule has 0 radical (unpaired) electrons. The minimum absolute atomic E-state index is 0.172. The fourth-order valence-corrected chi connectivity index (χ4v) is 3.85. The molecule has 1 aromatic carbocycles. The van der Waals surface area contributed by atoms with Gasteiger partial charge in [0, 0.05) is 12.1 Å². The maximum atomic E-state index is 11.1. The van der Waals surface area contributed by atoms with Gasteiger partial charge >= 0.3 is 0 Å². The van der Waals surface area contributed by atoms with Gasteiger partial charge in [0.05, 0.1) is 5.60 Å². The van der Waals surface area contributed by atoms with E-state index in [1.165, 1.54) is 24.8 Å². The Bertz CT molecular complexity index is 459. The van der Waals surface area contributed by atoms with Gasteiger partial charge in [-0.1, -0.05) is 51.5 Å². The van der Waals surface area contributed by atoms with Crippen LogP contribution in [-0.2, 0) is 11.0 Å². The zero-order valence-corrected chi connectivity index (χ0v) is 12.9. The van der Waals surface area contributed by atoms with Gasteiger partial charge in [-0.2, -0.15) is 0 Å². The molecule has 2 fully saturated rings. The number of piperidine rings is 2. The number of benzene rings is 1. The first-order chi connectivity index (χ1) is 9.37. The van der Waals surface area contributed by atoms with Gasteiger partial charge in [-0.3, -0.25) is 0 Å². The molecule has 1 aromatic rings. The first-order valence-corrected chi connectivity index (χ1v) is 7.96. The number of rotatable bonds is 1. The molecule has 0 aliphatic carbocycles. The van der Waals surface area contributed by atoms with Gasteiger partial charge in [0.1, 0.15) is 0 Å². The van der Waals surface area contributed by atoms with Crippen molar-refractivity contribution in [1.29, 1.82) is 0 Å². The van der Waals surface area contributed by atoms with Crippen molar-refractivity contribution in [2.24, 2.45) is 0 Å². The molecule has 2 saturated heterocycles. The largest absolute Gasteiger partial charge is 0.385 e. The molecule has 2 nitrogen and oxygen atoms in total. The van der Waals surface area contributed by atoms with Crippen LogP contribution in [0.1, 0.15) is 64.0 Å². The molecule has 2 aliphatic heterocycles. The van der Waals surface area contributed by atoms with Crippen LogP contribution in [0.4, 0.5) is 0 Å². The highest BCUT2D eigenvalue weighted by atomic mass is 16.3. The Kier molecular flexibility index (Phi) is 3.42. The van der Waals surface area contributed by atoms with Crippen molar-refractivity contribution in [2.45, 2.75) is 76.0 Å². The second-order valence-electron chi connectivity index (χ2n) is 7.76. The van der Waals surface area contributed by atoms with Gasteiger partial charge in [-0.05, 0) is 42.2 Å². The predicted octanol–water partition coefficient (Wildman–Crippen LogP) is 3.48. The topological polar surface area (TPSA) is 32.3 Å². The van der Waals surface area contributed by atoms with E-state index < -0.39 is 5.60 Å². The summed E-state index contributed by atoms with van der Waals surface area (Å²) in [5.74, 6) is 0. The molecule has 2 heterocycles. The SMILES string of the molecule is CC(C)(C)c1ccc(C2(O)CC3CCCC(C2)N3)cc1. The summed E-state index contributed by atoms with van der Waals surface area (Å²) in [6.45, 7) is 6.68. The lowest BCUT2D eigenvalue weighted by molar-refractivity contribution is -0.0358. The minimum Gasteiger partial charge on any atom is -0.385 e. The van der Waals surface area contributed by atoms with Gasteiger partial charge in [0.15, 0.2) is 0 Å². The van der Waals surface area contributed by atoms with E-state index in [0.29, 0.717) is 12.1 Å². The van der Waals surface area contributed by atoms with Crippen molar-refractivity contribution in [1.82, 2.24) is 5.32 Å². The Morgan fingerprint density at radius 3 is 2.10 bits per heavy atom. The smallest absolute Gasteiger partial charge is 0.0926 e. The highest BCUT2D eigenvalue weighted by Crippen LogP contribution is 2.40. The highest BCUT2D eigenvalue weighted by molar-refractivity contribution is 5.31. The van der Waals surface area contributed by atoms with Crippen LogP contribution >= 0.6 is 0 Å². The van der Waals surface area contributed by atoms with Crippen LogP contribution in [0, 0.1) is 0 Å². The minimum atomic E-state index is -0.628. The predicted molar refractivity (Wildman–Crippen MR) is 82.8 cm³/mol. The second-order valence-corrected chi connectivity index (χ2v) is 7.76. The van der Waals surface area contributed by atoms with Crippen LogP contribution in [-0.4, -0.2) is 17.2 Å². The van der Waals surface area contributed by atoms with Gasteiger partial charge in [0.2, 0.25) is 0 Å². The Balaban J connectivity index is 1.84. The zero-order valence-electron chi connectivity index (χ0n) is 12.9. The molecule has 0 amide bonds. The third kappa shape index (κ3) is 2.64. The molecule has 2 aliphatic rings. The van der Waals surface area contributed by atoms with E-state index in [1.807, 2.05) is 0 Å². The normalized spacial score (nSPS) is 34.0. The molecule has 110 valence electrons. The lowest BCUT2D eigenvalue weighted by Crippen LogP contribution is -2.54. The van der Waals surface area contributed by atoms with E-state index >= 15 is 0 Å². The number of fused-ring (bicyclic) bond motifs is 2. The van der Waals surface area contributed by atoms with Crippen molar-refractivity contribution in [3.8, 4) is 0 Å². The van der Waals surface area contributed by atoms with Crippen LogP contribution in [0.5, 0.6) is 0 Å². The van der Waals surface area contributed by atoms with Gasteiger partial charge in [0.25, 0.3) is 0 Å². The molecule has 3 rings (SSSR count). The molecular weight excluding hydrogens is 246 g/mol. The Morgan fingerprint density at radius 2 is 1.60 bits per heavy atom. The maximum absolute atomic E-state index is 11.1. The number of hydrogen-bond donors (Lipinski definition) is 2. The molecule has 2 N–H and O–H groups in total. The van der Waals surface area contributed by atoms with Crippen molar-refractivity contribution in [2.75, 3.05) is 0 Å². The summed E-state index contributed by atoms with van der Waals surface area (Å²) in [6, 6.07) is 9.64. The fourth-order valence-electron chi connectivity index (χ4n) is 3.85. The van der Waals surface area contributed by atoms with E-state index in [1.54, 1.807) is 0 Å². The summed E-state index contributed by atoms with van der Waals surface area (Å²) in [5, 5.41) is 14.8. The summed E-state index contributed by atoms with van der Waals surface area (Å²) in [5.41, 5.74) is 1.98. The van der Waals surface area contributed by atoms with Crippen LogP contribution in [0.2, 0.25) is 0 Å². The quantitative estimate of drug-likeness (QED) is 0.821. The van der Waals surface area contributed by atoms with E-state index in [9.17, 15) is 5.11 Å². The molecule has 2 bridgehead atoms. The third-order valence-electron chi connectivity index (χ3n) is 5.03. The van der Waals surface area contributed by atoms with E-state index in [-0.39, 0.29) is 5.41 Å². The van der Waals surface area contributed by atoms with Gasteiger partial charge < -0.3 is 10.4 Å². The first kappa shape index (κ1) is 14.1. The Hall–Kier alpha value is -0.860. The third-order valence-corrected chi connectivity index (χ3v) is 5.03. The summed E-state index contributed by atoms with van der Waals surface area (Å²) in [4.78, 5) is 0. The van der Waals surface area contributed by atoms with E-state index in [0.717, 1.165) is 18.4 Å². The Morgan fingerprint density at radius 1 is 1.05 bits per heavy atom. The molecule has 2 atom stereocenters. The molecular formula is C18H27NO. The van der Waals surface area contributed by atoms with Crippen molar-refractivity contribution in [3.63, 3.8) is 0 Å². The lowest BCUT2D eigenvalue weighted by Gasteiger charge is -2.45. The van der Waals surface area contributed by atoms with Crippen LogP contribution in [0.3, 0.4) is 0 Å². The summed E-state index contributed by atoms with van der Waals surface area (Å²) in [6.07, 6.45) is 5.44. The molecule has 0 spiro atoms. The van der Waals surface area contributed by atoms with Crippen LogP contribution < -0.4 is 5.32 Å². The molecule has 2 heteroatoms. The summed E-state index contributed by atoms with van der Waals surface area (Å²) >= 11 is 0. The monoisotopic (exact) mass is 273 g/mol. The highest BCUT2D eigenvalue weighted by Gasteiger charge is 2.41. The molecule has 20 heavy (non-hydrogen) atoms. The number of nitrogens with one attached hydrogen (secondary N) is 1. The van der Waals surface area contributed by atoms with Crippen molar-refractivity contribution >= 4 is 0 Å². The number of hydrogen-bond acceptors (Lipinski definition) is 2. The molecule has 0 saturated carbocycles. The summed E-state index contributed by atoms with van der Waals surface area (Å²) in [7, 11) is 0.